The number of carbonyl (C=O) groups excluding carboxylic acids is 1. The second kappa shape index (κ2) is 10.0. The molecule has 1 fully saturated rings. The number of methoxy groups -OCH3 is 1. The number of rotatable bonds is 5. The van der Waals surface area contributed by atoms with Crippen molar-refractivity contribution in [2.45, 2.75) is 29.7 Å². The van der Waals surface area contributed by atoms with Gasteiger partial charge in [-0.15, -0.1) is 11.8 Å². The second-order valence-electron chi connectivity index (χ2n) is 8.43. The average Bonchev–Trinajstić information content (AvgIpc) is 3.20. The number of nitrogens with zero attached hydrogens (tertiary/aromatic N) is 2. The SMILES string of the molecule is COc1ccc([C@H]2Sc3ccc(Cl)cc3-n3c(CN4CCOCC4)ccc3[C@H]2OC(C)=O)cc1. The molecule has 0 radical (unpaired) electrons. The number of hydrogen-bond acceptors (Lipinski definition) is 6. The molecule has 2 aliphatic rings. The number of aromatic nitrogens is 1. The smallest absolute Gasteiger partial charge is 0.303 e. The van der Waals surface area contributed by atoms with Crippen LogP contribution in [0, 0.1) is 0 Å². The number of thioether (sulfide) groups is 1. The number of morpholine rings is 1. The Labute approximate surface area is 208 Å². The van der Waals surface area contributed by atoms with E-state index in [-0.39, 0.29) is 11.2 Å². The monoisotopic (exact) mass is 498 g/mol. The highest BCUT2D eigenvalue weighted by molar-refractivity contribution is 7.99. The minimum atomic E-state index is -0.472. The van der Waals surface area contributed by atoms with Crippen LogP contribution in [0.15, 0.2) is 59.5 Å². The summed E-state index contributed by atoms with van der Waals surface area (Å²) in [4.78, 5) is 15.7. The van der Waals surface area contributed by atoms with Gasteiger partial charge in [0.25, 0.3) is 0 Å². The summed E-state index contributed by atoms with van der Waals surface area (Å²) in [6.45, 7) is 5.49. The van der Waals surface area contributed by atoms with E-state index in [1.165, 1.54) is 6.92 Å². The fraction of sp³-hybridized carbons (Fsp3) is 0.346. The molecule has 3 heterocycles. The highest BCUT2D eigenvalue weighted by Crippen LogP contribution is 2.51. The zero-order valence-electron chi connectivity index (χ0n) is 19.2. The van der Waals surface area contributed by atoms with Gasteiger partial charge in [-0.25, -0.2) is 0 Å². The molecule has 0 aliphatic carbocycles. The van der Waals surface area contributed by atoms with Gasteiger partial charge in [0.05, 0.1) is 37.0 Å². The second-order valence-corrected chi connectivity index (χ2v) is 10.0. The summed E-state index contributed by atoms with van der Waals surface area (Å²) in [6.07, 6.45) is -0.472. The molecule has 178 valence electrons. The number of hydrogen-bond donors (Lipinski definition) is 0. The van der Waals surface area contributed by atoms with Gasteiger partial charge in [-0.05, 0) is 48.0 Å². The standard InChI is InChI=1S/C26H27ClN2O4S/c1-17(30)33-25-22-9-6-20(16-28-11-13-32-14-12-28)29(22)23-15-19(27)5-10-24(23)34-26(25)18-3-7-21(31-2)8-4-18/h3-10,15,25-26H,11-14,16H2,1-2H3/t25-,26-/m1/s1. The van der Waals surface area contributed by atoms with E-state index in [1.54, 1.807) is 18.9 Å². The number of benzene rings is 2. The fourth-order valence-electron chi connectivity index (χ4n) is 4.58. The van der Waals surface area contributed by atoms with Crippen molar-refractivity contribution < 1.29 is 19.0 Å². The Bertz CT molecular complexity index is 1170. The van der Waals surface area contributed by atoms with Crippen LogP contribution >= 0.6 is 23.4 Å². The van der Waals surface area contributed by atoms with E-state index in [4.69, 9.17) is 25.8 Å². The van der Waals surface area contributed by atoms with Gasteiger partial charge in [0.15, 0.2) is 6.10 Å². The molecule has 8 heteroatoms. The topological polar surface area (TPSA) is 52.9 Å². The van der Waals surface area contributed by atoms with Crippen LogP contribution in [0.1, 0.15) is 35.2 Å². The van der Waals surface area contributed by atoms with Crippen molar-refractivity contribution in [3.8, 4) is 11.4 Å². The van der Waals surface area contributed by atoms with Gasteiger partial charge in [-0.3, -0.25) is 9.69 Å². The van der Waals surface area contributed by atoms with Crippen LogP contribution in [0.3, 0.4) is 0 Å². The number of ether oxygens (including phenoxy) is 3. The number of carbonyl (C=O) groups is 1. The van der Waals surface area contributed by atoms with Crippen molar-refractivity contribution in [2.24, 2.45) is 0 Å². The zero-order valence-corrected chi connectivity index (χ0v) is 20.8. The van der Waals surface area contributed by atoms with E-state index in [9.17, 15) is 4.79 Å². The summed E-state index contributed by atoms with van der Waals surface area (Å²) in [7, 11) is 1.65. The zero-order chi connectivity index (χ0) is 23.7. The van der Waals surface area contributed by atoms with Crippen molar-refractivity contribution in [3.63, 3.8) is 0 Å². The maximum Gasteiger partial charge on any atom is 0.303 e. The minimum Gasteiger partial charge on any atom is -0.497 e. The summed E-state index contributed by atoms with van der Waals surface area (Å²) in [6, 6.07) is 18.1. The molecule has 0 saturated carbocycles. The normalized spacial score (nSPS) is 20.2. The lowest BCUT2D eigenvalue weighted by molar-refractivity contribution is -0.147. The molecule has 2 aliphatic heterocycles. The fourth-order valence-corrected chi connectivity index (χ4v) is 6.05. The lowest BCUT2D eigenvalue weighted by Gasteiger charge is -2.28. The molecule has 0 spiro atoms. The molecule has 1 aromatic heterocycles. The van der Waals surface area contributed by atoms with Crippen molar-refractivity contribution in [1.29, 1.82) is 0 Å². The molecule has 2 aromatic carbocycles. The molecule has 0 amide bonds. The lowest BCUT2D eigenvalue weighted by atomic mass is 10.0. The minimum absolute atomic E-state index is 0.137. The Kier molecular flexibility index (Phi) is 6.88. The van der Waals surface area contributed by atoms with E-state index in [2.05, 4.69) is 27.7 Å². The van der Waals surface area contributed by atoms with E-state index < -0.39 is 6.10 Å². The molecule has 0 bridgehead atoms. The Morgan fingerprint density at radius 2 is 1.88 bits per heavy atom. The van der Waals surface area contributed by atoms with Crippen LogP contribution in [-0.2, 0) is 20.8 Å². The molecule has 34 heavy (non-hydrogen) atoms. The van der Waals surface area contributed by atoms with Gasteiger partial charge in [0, 0.05) is 42.2 Å². The maximum absolute atomic E-state index is 12.3. The van der Waals surface area contributed by atoms with E-state index in [0.717, 1.165) is 66.1 Å². The largest absolute Gasteiger partial charge is 0.497 e. The first-order chi connectivity index (χ1) is 16.5. The Morgan fingerprint density at radius 1 is 1.12 bits per heavy atom. The molecule has 6 nitrogen and oxygen atoms in total. The molecule has 1 saturated heterocycles. The molecule has 5 rings (SSSR count). The Balaban J connectivity index is 1.64. The number of fused-ring (bicyclic) bond motifs is 3. The molecule has 3 aromatic rings. The molecule has 0 N–H and O–H groups in total. The maximum atomic E-state index is 12.3. The Hall–Kier alpha value is -2.45. The van der Waals surface area contributed by atoms with Crippen LogP contribution in [-0.4, -0.2) is 48.8 Å². The predicted molar refractivity (Wildman–Crippen MR) is 133 cm³/mol. The van der Waals surface area contributed by atoms with E-state index in [0.29, 0.717) is 5.02 Å². The highest BCUT2D eigenvalue weighted by atomic mass is 35.5. The molecular weight excluding hydrogens is 472 g/mol. The van der Waals surface area contributed by atoms with Gasteiger partial charge >= 0.3 is 5.97 Å². The lowest BCUT2D eigenvalue weighted by Crippen LogP contribution is -2.36. The first-order valence-electron chi connectivity index (χ1n) is 11.3. The third-order valence-corrected chi connectivity index (χ3v) is 7.81. The predicted octanol–water partition coefficient (Wildman–Crippen LogP) is 5.42. The summed E-state index contributed by atoms with van der Waals surface area (Å²) in [5.74, 6) is 0.477. The van der Waals surface area contributed by atoms with Crippen molar-refractivity contribution in [1.82, 2.24) is 9.47 Å². The van der Waals surface area contributed by atoms with Gasteiger partial charge < -0.3 is 18.8 Å². The van der Waals surface area contributed by atoms with Crippen LogP contribution in [0.2, 0.25) is 5.02 Å². The number of esters is 1. The highest BCUT2D eigenvalue weighted by Gasteiger charge is 2.36. The molecule has 2 atom stereocenters. The summed E-state index contributed by atoms with van der Waals surface area (Å²) in [5, 5.41) is 0.533. The summed E-state index contributed by atoms with van der Waals surface area (Å²) >= 11 is 8.15. The molecule has 0 unspecified atom stereocenters. The van der Waals surface area contributed by atoms with Crippen molar-refractivity contribution >= 4 is 29.3 Å². The first kappa shape index (κ1) is 23.3. The van der Waals surface area contributed by atoms with Crippen molar-refractivity contribution in [2.75, 3.05) is 33.4 Å². The van der Waals surface area contributed by atoms with Crippen LogP contribution in [0.5, 0.6) is 5.75 Å². The summed E-state index contributed by atoms with van der Waals surface area (Å²) < 4.78 is 19.1. The summed E-state index contributed by atoms with van der Waals surface area (Å²) in [5.41, 5.74) is 4.14. The average molecular weight is 499 g/mol. The number of halogens is 1. The van der Waals surface area contributed by atoms with Crippen LogP contribution in [0.25, 0.3) is 5.69 Å². The van der Waals surface area contributed by atoms with Gasteiger partial charge in [0.2, 0.25) is 0 Å². The van der Waals surface area contributed by atoms with Crippen LogP contribution < -0.4 is 4.74 Å². The van der Waals surface area contributed by atoms with Gasteiger partial charge in [-0.2, -0.15) is 0 Å². The van der Waals surface area contributed by atoms with Gasteiger partial charge in [-0.1, -0.05) is 23.7 Å². The van der Waals surface area contributed by atoms with Crippen LogP contribution in [0.4, 0.5) is 0 Å². The Morgan fingerprint density at radius 3 is 2.59 bits per heavy atom. The third kappa shape index (κ3) is 4.70. The quantitative estimate of drug-likeness (QED) is 0.438. The molecular formula is C26H27ClN2O4S. The van der Waals surface area contributed by atoms with Crippen molar-refractivity contribution in [3.05, 3.63) is 76.6 Å². The van der Waals surface area contributed by atoms with E-state index >= 15 is 0 Å². The van der Waals surface area contributed by atoms with E-state index in [1.807, 2.05) is 36.4 Å². The van der Waals surface area contributed by atoms with Gasteiger partial charge in [0.1, 0.15) is 5.75 Å². The first-order valence-corrected chi connectivity index (χ1v) is 12.6. The third-order valence-electron chi connectivity index (χ3n) is 6.20.